The first kappa shape index (κ1) is 18.2. The molecule has 29 heavy (non-hydrogen) atoms. The van der Waals surface area contributed by atoms with Crippen LogP contribution in [0.4, 0.5) is 0 Å². The van der Waals surface area contributed by atoms with E-state index in [2.05, 4.69) is 91.9 Å². The SMILES string of the molecule is Cc1cc(/C=C/c2cc(C3CCCCC3)c3cccccc2-3)c2cccccc1-2. The molecule has 0 aromatic carbocycles. The van der Waals surface area contributed by atoms with Gasteiger partial charge in [-0.2, -0.15) is 0 Å². The molecule has 0 N–H and O–H groups in total. The van der Waals surface area contributed by atoms with Crippen molar-refractivity contribution in [3.8, 4) is 22.3 Å². The second kappa shape index (κ2) is 7.87. The summed E-state index contributed by atoms with van der Waals surface area (Å²) in [5.41, 5.74) is 11.1. The third kappa shape index (κ3) is 3.49. The Morgan fingerprint density at radius 3 is 1.86 bits per heavy atom. The highest BCUT2D eigenvalue weighted by atomic mass is 14.3. The summed E-state index contributed by atoms with van der Waals surface area (Å²) in [4.78, 5) is 0. The molecule has 0 atom stereocenters. The fourth-order valence-electron chi connectivity index (χ4n) is 5.11. The third-order valence-corrected chi connectivity index (χ3v) is 6.60. The highest BCUT2D eigenvalue weighted by molar-refractivity contribution is 5.90. The molecule has 5 rings (SSSR count). The lowest BCUT2D eigenvalue weighted by Crippen LogP contribution is -2.03. The van der Waals surface area contributed by atoms with Gasteiger partial charge >= 0.3 is 0 Å². The first-order valence-corrected chi connectivity index (χ1v) is 11.0. The molecule has 0 saturated heterocycles. The Balaban J connectivity index is 1.57. The molecule has 0 aliphatic heterocycles. The molecule has 0 aromatic rings. The largest absolute Gasteiger partial charge is 0.0622 e. The van der Waals surface area contributed by atoms with E-state index in [1.54, 1.807) is 5.56 Å². The Hall–Kier alpha value is -2.86. The maximum absolute atomic E-state index is 2.47. The van der Waals surface area contributed by atoms with Gasteiger partial charge in [0.2, 0.25) is 0 Å². The van der Waals surface area contributed by atoms with Crippen molar-refractivity contribution in [3.63, 3.8) is 0 Å². The van der Waals surface area contributed by atoms with E-state index in [1.165, 1.54) is 71.0 Å². The standard InChI is InChI=1S/C29H28/c1-21-19-23(26-14-8-3-7-13-25(21)26)17-18-24-20-29(22-11-5-2-6-12-22)28-16-10-4-9-15-27(24)28/h3-4,7-10,13-20,22H,2,5-6,11-12H2,1H3/b18-17+. The minimum absolute atomic E-state index is 0.719. The molecule has 0 radical (unpaired) electrons. The van der Waals surface area contributed by atoms with Crippen LogP contribution in [0.3, 0.4) is 0 Å². The molecule has 0 heteroatoms. The van der Waals surface area contributed by atoms with E-state index in [0.29, 0.717) is 0 Å². The maximum atomic E-state index is 2.47. The molecular weight excluding hydrogens is 348 g/mol. The molecule has 5 aliphatic carbocycles. The van der Waals surface area contributed by atoms with E-state index in [4.69, 9.17) is 0 Å². The predicted molar refractivity (Wildman–Crippen MR) is 126 cm³/mol. The van der Waals surface area contributed by atoms with E-state index in [9.17, 15) is 0 Å². The molecule has 0 amide bonds. The summed E-state index contributed by atoms with van der Waals surface area (Å²) in [5.74, 6) is 0.719. The number of fused-ring (bicyclic) bond motifs is 2. The molecule has 1 saturated carbocycles. The average Bonchev–Trinajstić information content (AvgIpc) is 3.01. The maximum Gasteiger partial charge on any atom is -0.0108 e. The van der Waals surface area contributed by atoms with Crippen LogP contribution in [-0.2, 0) is 0 Å². The van der Waals surface area contributed by atoms with Gasteiger partial charge < -0.3 is 0 Å². The fraction of sp³-hybridized carbons (Fsp3) is 0.241. The minimum Gasteiger partial charge on any atom is -0.0622 e. The molecule has 0 heterocycles. The predicted octanol–water partition coefficient (Wildman–Crippen LogP) is 8.42. The van der Waals surface area contributed by atoms with Crippen molar-refractivity contribution in [1.29, 1.82) is 0 Å². The zero-order valence-corrected chi connectivity index (χ0v) is 17.2. The average molecular weight is 377 g/mol. The molecule has 0 bridgehead atoms. The van der Waals surface area contributed by atoms with Gasteiger partial charge in [0, 0.05) is 0 Å². The molecule has 0 unspecified atom stereocenters. The molecular formula is C29H28. The van der Waals surface area contributed by atoms with Crippen molar-refractivity contribution in [3.05, 3.63) is 95.1 Å². The van der Waals surface area contributed by atoms with E-state index < -0.39 is 0 Å². The summed E-state index contributed by atoms with van der Waals surface area (Å²) in [5, 5.41) is 0. The monoisotopic (exact) mass is 376 g/mol. The molecule has 0 aromatic heterocycles. The quantitative estimate of drug-likeness (QED) is 0.336. The lowest BCUT2D eigenvalue weighted by molar-refractivity contribution is 0.445. The summed E-state index contributed by atoms with van der Waals surface area (Å²) >= 11 is 0. The molecule has 5 aliphatic rings. The Kier molecular flexibility index (Phi) is 4.94. The van der Waals surface area contributed by atoms with Gasteiger partial charge in [-0.1, -0.05) is 104 Å². The van der Waals surface area contributed by atoms with Crippen molar-refractivity contribution >= 4 is 12.2 Å². The van der Waals surface area contributed by atoms with Crippen molar-refractivity contribution in [2.24, 2.45) is 0 Å². The van der Waals surface area contributed by atoms with Gasteiger partial charge in [0.15, 0.2) is 0 Å². The Morgan fingerprint density at radius 2 is 1.17 bits per heavy atom. The number of hydrogen-bond acceptors (Lipinski definition) is 0. The summed E-state index contributed by atoms with van der Waals surface area (Å²) in [6.07, 6.45) is 11.5. The summed E-state index contributed by atoms with van der Waals surface area (Å²) in [7, 11) is 0. The van der Waals surface area contributed by atoms with Gasteiger partial charge in [0.05, 0.1) is 0 Å². The molecule has 0 nitrogen and oxygen atoms in total. The van der Waals surface area contributed by atoms with E-state index in [-0.39, 0.29) is 0 Å². The first-order chi connectivity index (χ1) is 14.3. The van der Waals surface area contributed by atoms with Crippen LogP contribution in [-0.4, -0.2) is 0 Å². The Bertz CT molecular complexity index is 1090. The van der Waals surface area contributed by atoms with Gasteiger partial charge in [-0.3, -0.25) is 0 Å². The van der Waals surface area contributed by atoms with Gasteiger partial charge in [0.25, 0.3) is 0 Å². The van der Waals surface area contributed by atoms with Gasteiger partial charge in [-0.15, -0.1) is 0 Å². The molecule has 1 fully saturated rings. The fourth-order valence-corrected chi connectivity index (χ4v) is 5.11. The lowest BCUT2D eigenvalue weighted by Gasteiger charge is -2.22. The van der Waals surface area contributed by atoms with Gasteiger partial charge in [-0.25, -0.2) is 0 Å². The van der Waals surface area contributed by atoms with E-state index >= 15 is 0 Å². The zero-order chi connectivity index (χ0) is 19.6. The number of rotatable bonds is 3. The summed E-state index contributed by atoms with van der Waals surface area (Å²) < 4.78 is 0. The van der Waals surface area contributed by atoms with Crippen molar-refractivity contribution in [2.45, 2.75) is 44.9 Å². The first-order valence-electron chi connectivity index (χ1n) is 11.0. The van der Waals surface area contributed by atoms with Crippen LogP contribution < -0.4 is 0 Å². The van der Waals surface area contributed by atoms with Gasteiger partial charge in [-0.05, 0) is 70.2 Å². The smallest absolute Gasteiger partial charge is 0.0108 e. The van der Waals surface area contributed by atoms with Gasteiger partial charge in [0.1, 0.15) is 0 Å². The van der Waals surface area contributed by atoms with Crippen LogP contribution in [0.15, 0.2) is 72.8 Å². The normalized spacial score (nSPS) is 15.5. The van der Waals surface area contributed by atoms with Crippen LogP contribution in [0.1, 0.15) is 60.3 Å². The highest BCUT2D eigenvalue weighted by Gasteiger charge is 2.22. The Morgan fingerprint density at radius 1 is 0.621 bits per heavy atom. The van der Waals surface area contributed by atoms with Crippen molar-refractivity contribution in [2.75, 3.05) is 0 Å². The van der Waals surface area contributed by atoms with E-state index in [1.807, 2.05) is 0 Å². The zero-order valence-electron chi connectivity index (χ0n) is 17.2. The van der Waals surface area contributed by atoms with Crippen LogP contribution in [0.2, 0.25) is 0 Å². The second-order valence-electron chi connectivity index (χ2n) is 8.48. The van der Waals surface area contributed by atoms with Crippen LogP contribution >= 0.6 is 0 Å². The Labute approximate surface area is 174 Å². The minimum atomic E-state index is 0.719. The van der Waals surface area contributed by atoms with Crippen LogP contribution in [0.25, 0.3) is 34.4 Å². The summed E-state index contributed by atoms with van der Waals surface area (Å²) in [6, 6.07) is 26.7. The van der Waals surface area contributed by atoms with E-state index in [0.717, 1.165) is 5.92 Å². The third-order valence-electron chi connectivity index (χ3n) is 6.60. The lowest BCUT2D eigenvalue weighted by atomic mass is 9.83. The van der Waals surface area contributed by atoms with Crippen LogP contribution in [0.5, 0.6) is 0 Å². The molecule has 0 spiro atoms. The van der Waals surface area contributed by atoms with Crippen molar-refractivity contribution < 1.29 is 0 Å². The number of hydrogen-bond donors (Lipinski definition) is 0. The number of aryl methyl sites for hydroxylation is 1. The van der Waals surface area contributed by atoms with Crippen LogP contribution in [0, 0.1) is 6.92 Å². The topological polar surface area (TPSA) is 0 Å². The van der Waals surface area contributed by atoms with Crippen molar-refractivity contribution in [1.82, 2.24) is 0 Å². The molecule has 144 valence electrons. The summed E-state index contributed by atoms with van der Waals surface area (Å²) in [6.45, 7) is 2.21. The highest BCUT2D eigenvalue weighted by Crippen LogP contribution is 2.43. The second-order valence-corrected chi connectivity index (χ2v) is 8.48.